The van der Waals surface area contributed by atoms with Crippen LogP contribution < -0.4 is 15.5 Å². The van der Waals surface area contributed by atoms with Crippen LogP contribution in [0.4, 0.5) is 9.39 Å². The average molecular weight is 439 g/mol. The topological polar surface area (TPSA) is 39.7 Å². The monoisotopic (exact) mass is 438 g/mol. The second-order valence-electron chi connectivity index (χ2n) is 6.29. The van der Waals surface area contributed by atoms with E-state index in [9.17, 15) is 4.39 Å². The van der Waals surface area contributed by atoms with E-state index in [1.54, 1.807) is 17.4 Å². The number of thiophene rings is 1. The van der Waals surface area contributed by atoms with E-state index in [2.05, 4.69) is 60.9 Å². The molecule has 26 heavy (non-hydrogen) atoms. The van der Waals surface area contributed by atoms with Gasteiger partial charge in [-0.15, -0.1) is 11.3 Å². The molecule has 3 rings (SSSR count). The maximum atomic E-state index is 13.4. The van der Waals surface area contributed by atoms with Gasteiger partial charge < -0.3 is 15.5 Å². The molecule has 0 spiro atoms. The predicted molar refractivity (Wildman–Crippen MR) is 112 cm³/mol. The molecule has 0 amide bonds. The van der Waals surface area contributed by atoms with E-state index in [0.29, 0.717) is 12.6 Å². The van der Waals surface area contributed by atoms with E-state index in [0.717, 1.165) is 48.5 Å². The van der Waals surface area contributed by atoms with Gasteiger partial charge in [0, 0.05) is 30.1 Å². The number of piperidine rings is 1. The van der Waals surface area contributed by atoms with Crippen molar-refractivity contribution in [2.75, 3.05) is 24.5 Å². The summed E-state index contributed by atoms with van der Waals surface area (Å²) < 4.78 is 14.3. The summed E-state index contributed by atoms with van der Waals surface area (Å²) >= 11 is 5.26. The Hall–Kier alpha value is -1.60. The van der Waals surface area contributed by atoms with Crippen LogP contribution in [0.3, 0.4) is 0 Å². The number of rotatable bonds is 5. The zero-order valence-corrected chi connectivity index (χ0v) is 17.2. The molecule has 1 fully saturated rings. The van der Waals surface area contributed by atoms with Crippen LogP contribution in [0.5, 0.6) is 0 Å². The highest BCUT2D eigenvalue weighted by atomic mass is 79.9. The van der Waals surface area contributed by atoms with E-state index in [-0.39, 0.29) is 5.82 Å². The molecule has 2 aromatic rings. The molecule has 1 saturated heterocycles. The van der Waals surface area contributed by atoms with Crippen LogP contribution in [-0.2, 0) is 6.54 Å². The first-order chi connectivity index (χ1) is 12.7. The van der Waals surface area contributed by atoms with Gasteiger partial charge in [-0.2, -0.15) is 0 Å². The molecule has 2 heterocycles. The lowest BCUT2D eigenvalue weighted by Crippen LogP contribution is -2.48. The first-order valence-electron chi connectivity index (χ1n) is 8.93. The molecule has 0 bridgehead atoms. The van der Waals surface area contributed by atoms with E-state index in [1.807, 2.05) is 0 Å². The zero-order chi connectivity index (χ0) is 18.4. The van der Waals surface area contributed by atoms with Crippen molar-refractivity contribution in [3.8, 4) is 0 Å². The fourth-order valence-electron chi connectivity index (χ4n) is 3.04. The Labute approximate surface area is 166 Å². The highest BCUT2D eigenvalue weighted by Gasteiger charge is 2.20. The molecule has 140 valence electrons. The van der Waals surface area contributed by atoms with Gasteiger partial charge in [-0.3, -0.25) is 0 Å². The SMILES string of the molecule is CCNC(=NCc1cc(F)ccc1Br)NC1CCN(c2cccs2)CC1. The van der Waals surface area contributed by atoms with Crippen molar-refractivity contribution in [1.29, 1.82) is 0 Å². The molecule has 0 unspecified atom stereocenters. The van der Waals surface area contributed by atoms with Gasteiger partial charge in [-0.05, 0) is 61.0 Å². The number of hydrogen-bond acceptors (Lipinski definition) is 3. The summed E-state index contributed by atoms with van der Waals surface area (Å²) in [6, 6.07) is 9.38. The van der Waals surface area contributed by atoms with Crippen molar-refractivity contribution in [2.24, 2.45) is 4.99 Å². The first-order valence-corrected chi connectivity index (χ1v) is 10.6. The number of nitrogens with one attached hydrogen (secondary N) is 2. The van der Waals surface area contributed by atoms with E-state index in [1.165, 1.54) is 17.1 Å². The lowest BCUT2D eigenvalue weighted by atomic mass is 10.1. The van der Waals surface area contributed by atoms with Crippen LogP contribution >= 0.6 is 27.3 Å². The lowest BCUT2D eigenvalue weighted by molar-refractivity contribution is 0.463. The van der Waals surface area contributed by atoms with Crippen molar-refractivity contribution in [2.45, 2.75) is 32.4 Å². The van der Waals surface area contributed by atoms with Crippen LogP contribution in [0, 0.1) is 5.82 Å². The highest BCUT2D eigenvalue weighted by molar-refractivity contribution is 9.10. The Balaban J connectivity index is 1.57. The molecule has 2 N–H and O–H groups in total. The van der Waals surface area contributed by atoms with Gasteiger partial charge in [-0.25, -0.2) is 9.38 Å². The van der Waals surface area contributed by atoms with Gasteiger partial charge in [0.15, 0.2) is 5.96 Å². The quantitative estimate of drug-likeness (QED) is 0.537. The van der Waals surface area contributed by atoms with Crippen molar-refractivity contribution in [3.63, 3.8) is 0 Å². The minimum atomic E-state index is -0.239. The predicted octanol–water partition coefficient (Wildman–Crippen LogP) is 4.37. The average Bonchev–Trinajstić information content (AvgIpc) is 3.18. The Bertz CT molecular complexity index is 727. The number of nitrogens with zero attached hydrogens (tertiary/aromatic N) is 2. The summed E-state index contributed by atoms with van der Waals surface area (Å²) in [4.78, 5) is 7.08. The molecule has 1 aliphatic rings. The minimum Gasteiger partial charge on any atom is -0.363 e. The standard InChI is InChI=1S/C19H24BrFN4S/c1-2-22-19(23-13-14-12-15(21)5-6-17(14)20)24-16-7-9-25(10-8-16)18-4-3-11-26-18/h3-6,11-12,16H,2,7-10,13H2,1H3,(H2,22,23,24). The second-order valence-corrected chi connectivity index (χ2v) is 8.07. The summed E-state index contributed by atoms with van der Waals surface area (Å²) in [6.07, 6.45) is 2.15. The molecule has 4 nitrogen and oxygen atoms in total. The lowest BCUT2D eigenvalue weighted by Gasteiger charge is -2.33. The molecule has 1 aromatic heterocycles. The van der Waals surface area contributed by atoms with E-state index >= 15 is 0 Å². The van der Waals surface area contributed by atoms with E-state index < -0.39 is 0 Å². The molecule has 0 atom stereocenters. The molecule has 1 aromatic carbocycles. The number of halogens is 2. The van der Waals surface area contributed by atoms with Gasteiger partial charge in [0.2, 0.25) is 0 Å². The molecule has 0 aliphatic carbocycles. The van der Waals surface area contributed by atoms with Crippen molar-refractivity contribution < 1.29 is 4.39 Å². The van der Waals surface area contributed by atoms with Crippen LogP contribution in [0.2, 0.25) is 0 Å². The number of hydrogen-bond donors (Lipinski definition) is 2. The van der Waals surface area contributed by atoms with Crippen molar-refractivity contribution in [1.82, 2.24) is 10.6 Å². The van der Waals surface area contributed by atoms with Gasteiger partial charge in [0.05, 0.1) is 11.5 Å². The first kappa shape index (κ1) is 19.2. The normalized spacial score (nSPS) is 16.0. The number of guanidine groups is 1. The Kier molecular flexibility index (Phi) is 6.91. The fraction of sp³-hybridized carbons (Fsp3) is 0.421. The number of aliphatic imine (C=N–C) groups is 1. The summed E-state index contributed by atoms with van der Waals surface area (Å²) in [5.41, 5.74) is 0.842. The third-order valence-electron chi connectivity index (χ3n) is 4.41. The van der Waals surface area contributed by atoms with Crippen molar-refractivity contribution >= 4 is 38.2 Å². The van der Waals surface area contributed by atoms with Gasteiger partial charge in [0.25, 0.3) is 0 Å². The Morgan fingerprint density at radius 3 is 2.85 bits per heavy atom. The molecule has 0 radical (unpaired) electrons. The smallest absolute Gasteiger partial charge is 0.191 e. The maximum Gasteiger partial charge on any atom is 0.191 e. The Morgan fingerprint density at radius 2 is 2.15 bits per heavy atom. The summed E-state index contributed by atoms with van der Waals surface area (Å²) in [5, 5.41) is 10.3. The van der Waals surface area contributed by atoms with Crippen LogP contribution in [0.1, 0.15) is 25.3 Å². The molecule has 7 heteroatoms. The molecular formula is C19H24BrFN4S. The third kappa shape index (κ3) is 5.20. The zero-order valence-electron chi connectivity index (χ0n) is 14.8. The summed E-state index contributed by atoms with van der Waals surface area (Å²) in [7, 11) is 0. The third-order valence-corrected chi connectivity index (χ3v) is 6.12. The van der Waals surface area contributed by atoms with Crippen LogP contribution in [0.25, 0.3) is 0 Å². The molecule has 1 aliphatic heterocycles. The summed E-state index contributed by atoms with van der Waals surface area (Å²) in [6.45, 7) is 5.38. The summed E-state index contributed by atoms with van der Waals surface area (Å²) in [5.74, 6) is 0.551. The van der Waals surface area contributed by atoms with E-state index in [4.69, 9.17) is 0 Å². The second kappa shape index (κ2) is 9.37. The van der Waals surface area contributed by atoms with Gasteiger partial charge in [-0.1, -0.05) is 15.9 Å². The highest BCUT2D eigenvalue weighted by Crippen LogP contribution is 2.25. The van der Waals surface area contributed by atoms with Crippen LogP contribution in [-0.4, -0.2) is 31.6 Å². The molecule has 0 saturated carbocycles. The minimum absolute atomic E-state index is 0.239. The largest absolute Gasteiger partial charge is 0.363 e. The fourth-order valence-corrected chi connectivity index (χ4v) is 4.19. The van der Waals surface area contributed by atoms with Crippen LogP contribution in [0.15, 0.2) is 45.2 Å². The van der Waals surface area contributed by atoms with Crippen molar-refractivity contribution in [3.05, 3.63) is 51.6 Å². The van der Waals surface area contributed by atoms with Gasteiger partial charge in [0.1, 0.15) is 5.82 Å². The maximum absolute atomic E-state index is 13.4. The number of benzene rings is 1. The molecular weight excluding hydrogens is 415 g/mol. The van der Waals surface area contributed by atoms with Gasteiger partial charge >= 0.3 is 0 Å². The Morgan fingerprint density at radius 1 is 1.35 bits per heavy atom. The number of anilines is 1.